The molecular weight excluding hydrogens is 266 g/mol. The van der Waals surface area contributed by atoms with Crippen molar-refractivity contribution in [3.63, 3.8) is 0 Å². The molecule has 0 saturated heterocycles. The third kappa shape index (κ3) is 4.15. The molecule has 1 aromatic carbocycles. The summed E-state index contributed by atoms with van der Waals surface area (Å²) in [5.41, 5.74) is 0.0487. The zero-order chi connectivity index (χ0) is 15.3. The summed E-state index contributed by atoms with van der Waals surface area (Å²) in [5.74, 6) is -2.79. The summed E-state index contributed by atoms with van der Waals surface area (Å²) in [5, 5.41) is 4.56. The second kappa shape index (κ2) is 6.79. The fourth-order valence-corrected chi connectivity index (χ4v) is 1.55. The molecule has 0 radical (unpaired) electrons. The lowest BCUT2D eigenvalue weighted by molar-refractivity contribution is -0.114. The number of carbonyl (C=O) groups is 2. The summed E-state index contributed by atoms with van der Waals surface area (Å²) in [7, 11) is 0. The first-order valence-electron chi connectivity index (χ1n) is 6.09. The quantitative estimate of drug-likeness (QED) is 0.833. The van der Waals surface area contributed by atoms with Gasteiger partial charge >= 0.3 is 0 Å². The number of anilines is 2. The average molecular weight is 282 g/mol. The normalized spacial score (nSPS) is 11.2. The van der Waals surface area contributed by atoms with E-state index in [0.29, 0.717) is 18.1 Å². The van der Waals surface area contributed by atoms with Crippen LogP contribution in [0.4, 0.5) is 20.2 Å². The summed E-state index contributed by atoms with van der Waals surface area (Å²) >= 11 is 0. The SMILES string of the molecule is CC/C=C(\C)C(=O)Nc1cc(NC(C)=O)c(F)cc1F. The number of hydrogen-bond acceptors (Lipinski definition) is 2. The summed E-state index contributed by atoms with van der Waals surface area (Å²) in [6, 6.07) is 1.66. The molecule has 2 N–H and O–H groups in total. The maximum Gasteiger partial charge on any atom is 0.251 e. The van der Waals surface area contributed by atoms with Crippen molar-refractivity contribution < 1.29 is 18.4 Å². The van der Waals surface area contributed by atoms with Gasteiger partial charge in [-0.05, 0) is 19.4 Å². The van der Waals surface area contributed by atoms with E-state index in [9.17, 15) is 18.4 Å². The Morgan fingerprint density at radius 3 is 2.15 bits per heavy atom. The van der Waals surface area contributed by atoms with E-state index in [0.717, 1.165) is 6.07 Å². The molecule has 108 valence electrons. The van der Waals surface area contributed by atoms with Crippen molar-refractivity contribution >= 4 is 23.2 Å². The molecule has 0 unspecified atom stereocenters. The van der Waals surface area contributed by atoms with Crippen molar-refractivity contribution in [2.45, 2.75) is 27.2 Å². The molecule has 0 atom stereocenters. The van der Waals surface area contributed by atoms with Crippen LogP contribution in [0.5, 0.6) is 0 Å². The maximum atomic E-state index is 13.6. The van der Waals surface area contributed by atoms with Gasteiger partial charge in [0.05, 0.1) is 11.4 Å². The monoisotopic (exact) mass is 282 g/mol. The van der Waals surface area contributed by atoms with Gasteiger partial charge in [0, 0.05) is 18.6 Å². The zero-order valence-electron chi connectivity index (χ0n) is 11.5. The number of nitrogens with one attached hydrogen (secondary N) is 2. The standard InChI is InChI=1S/C14H16F2N2O2/c1-4-5-8(2)14(20)18-13-7-12(17-9(3)19)10(15)6-11(13)16/h5-7H,4H2,1-3H3,(H,17,19)(H,18,20)/b8-5+. The predicted octanol–water partition coefficient (Wildman–Crippen LogP) is 3.22. The van der Waals surface area contributed by atoms with E-state index in [1.165, 1.54) is 6.92 Å². The van der Waals surface area contributed by atoms with Gasteiger partial charge in [-0.2, -0.15) is 0 Å². The van der Waals surface area contributed by atoms with Crippen LogP contribution in [-0.4, -0.2) is 11.8 Å². The predicted molar refractivity (Wildman–Crippen MR) is 73.3 cm³/mol. The molecule has 1 rings (SSSR count). The molecule has 0 heterocycles. The van der Waals surface area contributed by atoms with Gasteiger partial charge in [0.25, 0.3) is 5.91 Å². The molecular formula is C14H16F2N2O2. The van der Waals surface area contributed by atoms with Crippen molar-refractivity contribution in [1.82, 2.24) is 0 Å². The number of hydrogen-bond donors (Lipinski definition) is 2. The molecule has 0 spiro atoms. The highest BCUT2D eigenvalue weighted by atomic mass is 19.1. The van der Waals surface area contributed by atoms with Gasteiger partial charge in [-0.3, -0.25) is 9.59 Å². The Morgan fingerprint density at radius 2 is 1.65 bits per heavy atom. The Kier molecular flexibility index (Phi) is 5.37. The van der Waals surface area contributed by atoms with Crippen LogP contribution in [-0.2, 0) is 9.59 Å². The topological polar surface area (TPSA) is 58.2 Å². The van der Waals surface area contributed by atoms with E-state index in [1.807, 2.05) is 6.92 Å². The first-order chi connectivity index (χ1) is 9.35. The van der Waals surface area contributed by atoms with E-state index in [-0.39, 0.29) is 11.4 Å². The fourth-order valence-electron chi connectivity index (χ4n) is 1.55. The lowest BCUT2D eigenvalue weighted by atomic mass is 10.2. The van der Waals surface area contributed by atoms with Gasteiger partial charge in [0.1, 0.15) is 11.6 Å². The first kappa shape index (κ1) is 15.8. The highest BCUT2D eigenvalue weighted by Gasteiger charge is 2.13. The van der Waals surface area contributed by atoms with Gasteiger partial charge in [0.2, 0.25) is 5.91 Å². The third-order valence-electron chi connectivity index (χ3n) is 2.48. The Balaban J connectivity index is 3.03. The molecule has 2 amide bonds. The number of benzene rings is 1. The van der Waals surface area contributed by atoms with Crippen molar-refractivity contribution in [3.05, 3.63) is 35.4 Å². The number of amides is 2. The van der Waals surface area contributed by atoms with Crippen LogP contribution >= 0.6 is 0 Å². The van der Waals surface area contributed by atoms with Gasteiger partial charge < -0.3 is 10.6 Å². The molecule has 0 aromatic heterocycles. The van der Waals surface area contributed by atoms with Crippen LogP contribution in [0.2, 0.25) is 0 Å². The van der Waals surface area contributed by atoms with E-state index in [4.69, 9.17) is 0 Å². The smallest absolute Gasteiger partial charge is 0.251 e. The van der Waals surface area contributed by atoms with Crippen LogP contribution in [0.15, 0.2) is 23.8 Å². The summed E-state index contributed by atoms with van der Waals surface area (Å²) in [4.78, 5) is 22.7. The highest BCUT2D eigenvalue weighted by molar-refractivity contribution is 6.03. The molecule has 0 aliphatic heterocycles. The number of carbonyl (C=O) groups excluding carboxylic acids is 2. The van der Waals surface area contributed by atoms with Gasteiger partial charge in [-0.15, -0.1) is 0 Å². The first-order valence-corrected chi connectivity index (χ1v) is 6.09. The Hall–Kier alpha value is -2.24. The van der Waals surface area contributed by atoms with Gasteiger partial charge in [-0.1, -0.05) is 13.0 Å². The van der Waals surface area contributed by atoms with Crippen LogP contribution in [0.3, 0.4) is 0 Å². The molecule has 1 aromatic rings. The minimum atomic E-state index is -0.908. The second-order valence-corrected chi connectivity index (χ2v) is 4.24. The average Bonchev–Trinajstić information content (AvgIpc) is 2.34. The lowest BCUT2D eigenvalue weighted by Gasteiger charge is -2.10. The molecule has 20 heavy (non-hydrogen) atoms. The van der Waals surface area contributed by atoms with Crippen LogP contribution in [0.1, 0.15) is 27.2 Å². The maximum absolute atomic E-state index is 13.6. The Bertz CT molecular complexity index is 569. The summed E-state index contributed by atoms with van der Waals surface area (Å²) in [6.07, 6.45) is 2.35. The second-order valence-electron chi connectivity index (χ2n) is 4.24. The Labute approximate surface area is 115 Å². The van der Waals surface area contributed by atoms with Crippen molar-refractivity contribution in [2.75, 3.05) is 10.6 Å². The number of rotatable bonds is 4. The summed E-state index contributed by atoms with van der Waals surface area (Å²) < 4.78 is 27.0. The molecule has 0 bridgehead atoms. The molecule has 0 saturated carbocycles. The Morgan fingerprint density at radius 1 is 1.10 bits per heavy atom. The van der Waals surface area contributed by atoms with E-state index < -0.39 is 23.4 Å². The number of halogens is 2. The third-order valence-corrected chi connectivity index (χ3v) is 2.48. The van der Waals surface area contributed by atoms with Crippen LogP contribution in [0.25, 0.3) is 0 Å². The van der Waals surface area contributed by atoms with Crippen LogP contribution < -0.4 is 10.6 Å². The number of allylic oxidation sites excluding steroid dienone is 1. The van der Waals surface area contributed by atoms with E-state index in [1.54, 1.807) is 13.0 Å². The van der Waals surface area contributed by atoms with Gasteiger partial charge in [-0.25, -0.2) is 8.78 Å². The lowest BCUT2D eigenvalue weighted by Crippen LogP contribution is -2.15. The van der Waals surface area contributed by atoms with E-state index >= 15 is 0 Å². The van der Waals surface area contributed by atoms with Crippen molar-refractivity contribution in [2.24, 2.45) is 0 Å². The zero-order valence-corrected chi connectivity index (χ0v) is 11.5. The minimum absolute atomic E-state index is 0.189. The molecule has 4 nitrogen and oxygen atoms in total. The molecule has 0 fully saturated rings. The highest BCUT2D eigenvalue weighted by Crippen LogP contribution is 2.24. The minimum Gasteiger partial charge on any atom is -0.324 e. The fraction of sp³-hybridized carbons (Fsp3) is 0.286. The van der Waals surface area contributed by atoms with Crippen molar-refractivity contribution in [1.29, 1.82) is 0 Å². The van der Waals surface area contributed by atoms with E-state index in [2.05, 4.69) is 10.6 Å². The van der Waals surface area contributed by atoms with Crippen LogP contribution in [0, 0.1) is 11.6 Å². The largest absolute Gasteiger partial charge is 0.324 e. The molecule has 0 aliphatic carbocycles. The molecule has 6 heteroatoms. The summed E-state index contributed by atoms with van der Waals surface area (Å²) in [6.45, 7) is 4.66. The van der Waals surface area contributed by atoms with Crippen molar-refractivity contribution in [3.8, 4) is 0 Å². The van der Waals surface area contributed by atoms with Gasteiger partial charge in [0.15, 0.2) is 0 Å². The molecule has 0 aliphatic rings.